The zero-order valence-corrected chi connectivity index (χ0v) is 11.0. The van der Waals surface area contributed by atoms with E-state index in [1.807, 2.05) is 12.1 Å². The second-order valence-electron chi connectivity index (χ2n) is 4.99. The lowest BCUT2D eigenvalue weighted by Crippen LogP contribution is -2.12. The van der Waals surface area contributed by atoms with E-state index in [-0.39, 0.29) is 5.82 Å². The van der Waals surface area contributed by atoms with Gasteiger partial charge in [0.2, 0.25) is 0 Å². The van der Waals surface area contributed by atoms with Gasteiger partial charge in [-0.15, -0.1) is 0 Å². The second kappa shape index (κ2) is 6.86. The van der Waals surface area contributed by atoms with Gasteiger partial charge in [0.1, 0.15) is 5.82 Å². The molecule has 0 radical (unpaired) electrons. The molecular weight excluding hydrogens is 229 g/mol. The van der Waals surface area contributed by atoms with Gasteiger partial charge in [-0.05, 0) is 36.6 Å². The van der Waals surface area contributed by atoms with Gasteiger partial charge in [-0.2, -0.15) is 0 Å². The Morgan fingerprint density at radius 3 is 2.94 bits per heavy atom. The molecule has 0 bridgehead atoms. The Labute approximate surface area is 109 Å². The van der Waals surface area contributed by atoms with E-state index < -0.39 is 0 Å². The van der Waals surface area contributed by atoms with Crippen molar-refractivity contribution in [1.82, 2.24) is 5.32 Å². The number of halogens is 1. The van der Waals surface area contributed by atoms with Gasteiger partial charge in [-0.3, -0.25) is 0 Å². The SMILES string of the molecule is CCNCc1ccc(F)c(COCCC2CC2)c1. The van der Waals surface area contributed by atoms with Gasteiger partial charge < -0.3 is 10.1 Å². The number of ether oxygens (including phenoxy) is 1. The Morgan fingerprint density at radius 1 is 1.39 bits per heavy atom. The van der Waals surface area contributed by atoms with Crippen LogP contribution in [0.15, 0.2) is 18.2 Å². The zero-order chi connectivity index (χ0) is 12.8. The molecule has 0 aliphatic heterocycles. The zero-order valence-electron chi connectivity index (χ0n) is 11.0. The maximum Gasteiger partial charge on any atom is 0.128 e. The molecule has 3 heteroatoms. The maximum absolute atomic E-state index is 13.6. The third-order valence-electron chi connectivity index (χ3n) is 3.31. The standard InChI is InChI=1S/C15H22FNO/c1-2-17-10-13-5-6-15(16)14(9-13)11-18-8-7-12-3-4-12/h5-6,9,12,17H,2-4,7-8,10-11H2,1H3. The van der Waals surface area contributed by atoms with Crippen molar-refractivity contribution >= 4 is 0 Å². The minimum absolute atomic E-state index is 0.165. The average Bonchev–Trinajstić information content (AvgIpc) is 3.19. The summed E-state index contributed by atoms with van der Waals surface area (Å²) in [7, 11) is 0. The molecule has 0 saturated heterocycles. The van der Waals surface area contributed by atoms with Gasteiger partial charge in [0.05, 0.1) is 6.61 Å². The molecule has 1 aliphatic carbocycles. The van der Waals surface area contributed by atoms with Crippen LogP contribution < -0.4 is 5.32 Å². The molecule has 1 N–H and O–H groups in total. The highest BCUT2D eigenvalue weighted by Crippen LogP contribution is 2.32. The molecule has 1 aromatic carbocycles. The molecule has 1 fully saturated rings. The van der Waals surface area contributed by atoms with E-state index in [1.54, 1.807) is 0 Å². The first-order valence-electron chi connectivity index (χ1n) is 6.85. The number of nitrogens with one attached hydrogen (secondary N) is 1. The summed E-state index contributed by atoms with van der Waals surface area (Å²) in [6.45, 7) is 4.90. The van der Waals surface area contributed by atoms with Gasteiger partial charge in [0.15, 0.2) is 0 Å². The first-order chi connectivity index (χ1) is 8.79. The van der Waals surface area contributed by atoms with Crippen LogP contribution in [-0.4, -0.2) is 13.2 Å². The van der Waals surface area contributed by atoms with E-state index in [4.69, 9.17) is 4.74 Å². The van der Waals surface area contributed by atoms with Crippen LogP contribution in [0.4, 0.5) is 4.39 Å². The highest BCUT2D eigenvalue weighted by atomic mass is 19.1. The van der Waals surface area contributed by atoms with Crippen molar-refractivity contribution in [2.24, 2.45) is 5.92 Å². The first-order valence-corrected chi connectivity index (χ1v) is 6.85. The number of benzene rings is 1. The first kappa shape index (κ1) is 13.5. The lowest BCUT2D eigenvalue weighted by molar-refractivity contribution is 0.113. The van der Waals surface area contributed by atoms with Gasteiger partial charge in [0.25, 0.3) is 0 Å². The summed E-state index contributed by atoms with van der Waals surface area (Å²) in [4.78, 5) is 0. The summed E-state index contributed by atoms with van der Waals surface area (Å²) in [6, 6.07) is 5.26. The molecule has 100 valence electrons. The molecule has 1 aromatic rings. The van der Waals surface area contributed by atoms with E-state index in [0.29, 0.717) is 12.2 Å². The fourth-order valence-corrected chi connectivity index (χ4v) is 1.96. The number of hydrogen-bond donors (Lipinski definition) is 1. The Balaban J connectivity index is 1.80. The molecular formula is C15H22FNO. The smallest absolute Gasteiger partial charge is 0.128 e. The lowest BCUT2D eigenvalue weighted by Gasteiger charge is -2.08. The molecule has 2 rings (SSSR count). The third kappa shape index (κ3) is 4.39. The number of rotatable bonds is 8. The quantitative estimate of drug-likeness (QED) is 0.716. The van der Waals surface area contributed by atoms with Crippen molar-refractivity contribution < 1.29 is 9.13 Å². The monoisotopic (exact) mass is 251 g/mol. The molecule has 2 nitrogen and oxygen atoms in total. The third-order valence-corrected chi connectivity index (χ3v) is 3.31. The van der Waals surface area contributed by atoms with E-state index in [0.717, 1.165) is 37.6 Å². The van der Waals surface area contributed by atoms with Crippen LogP contribution in [0.2, 0.25) is 0 Å². The highest BCUT2D eigenvalue weighted by Gasteiger charge is 2.20. The average molecular weight is 251 g/mol. The largest absolute Gasteiger partial charge is 0.377 e. The fraction of sp³-hybridized carbons (Fsp3) is 0.600. The normalized spacial score (nSPS) is 15.0. The molecule has 0 aromatic heterocycles. The van der Waals surface area contributed by atoms with E-state index in [9.17, 15) is 4.39 Å². The van der Waals surface area contributed by atoms with Crippen LogP contribution >= 0.6 is 0 Å². The van der Waals surface area contributed by atoms with Crippen molar-refractivity contribution in [3.8, 4) is 0 Å². The topological polar surface area (TPSA) is 21.3 Å². The van der Waals surface area contributed by atoms with Crippen LogP contribution in [0.3, 0.4) is 0 Å². The van der Waals surface area contributed by atoms with E-state index in [2.05, 4.69) is 12.2 Å². The molecule has 0 spiro atoms. The predicted molar refractivity (Wildman–Crippen MR) is 70.8 cm³/mol. The highest BCUT2D eigenvalue weighted by molar-refractivity contribution is 5.24. The van der Waals surface area contributed by atoms with Crippen LogP contribution in [-0.2, 0) is 17.9 Å². The Kier molecular flexibility index (Phi) is 5.14. The van der Waals surface area contributed by atoms with Crippen LogP contribution in [0.25, 0.3) is 0 Å². The molecule has 0 unspecified atom stereocenters. The van der Waals surface area contributed by atoms with Crippen LogP contribution in [0.5, 0.6) is 0 Å². The van der Waals surface area contributed by atoms with Gasteiger partial charge in [-0.25, -0.2) is 4.39 Å². The summed E-state index contributed by atoms with van der Waals surface area (Å²) in [5.74, 6) is 0.705. The Hall–Kier alpha value is -0.930. The maximum atomic E-state index is 13.6. The van der Waals surface area contributed by atoms with Gasteiger partial charge in [-0.1, -0.05) is 25.8 Å². The Bertz CT molecular complexity index is 377. The van der Waals surface area contributed by atoms with Crippen LogP contribution in [0, 0.1) is 11.7 Å². The van der Waals surface area contributed by atoms with Gasteiger partial charge >= 0.3 is 0 Å². The molecule has 0 heterocycles. The van der Waals surface area contributed by atoms with E-state index in [1.165, 1.54) is 18.9 Å². The molecule has 1 aliphatic rings. The van der Waals surface area contributed by atoms with Crippen molar-refractivity contribution in [2.45, 2.75) is 39.3 Å². The predicted octanol–water partition coefficient (Wildman–Crippen LogP) is 3.25. The Morgan fingerprint density at radius 2 is 2.22 bits per heavy atom. The second-order valence-corrected chi connectivity index (χ2v) is 4.99. The van der Waals surface area contributed by atoms with Crippen molar-refractivity contribution in [2.75, 3.05) is 13.2 Å². The number of hydrogen-bond acceptors (Lipinski definition) is 2. The fourth-order valence-electron chi connectivity index (χ4n) is 1.96. The van der Waals surface area contributed by atoms with E-state index >= 15 is 0 Å². The minimum atomic E-state index is -0.165. The summed E-state index contributed by atoms with van der Waals surface area (Å²) in [6.07, 6.45) is 3.81. The van der Waals surface area contributed by atoms with Crippen molar-refractivity contribution in [3.63, 3.8) is 0 Å². The molecule has 0 amide bonds. The van der Waals surface area contributed by atoms with Crippen molar-refractivity contribution in [3.05, 3.63) is 35.1 Å². The molecule has 0 atom stereocenters. The summed E-state index contributed by atoms with van der Waals surface area (Å²) >= 11 is 0. The van der Waals surface area contributed by atoms with Gasteiger partial charge in [0, 0.05) is 18.7 Å². The van der Waals surface area contributed by atoms with Crippen molar-refractivity contribution in [1.29, 1.82) is 0 Å². The molecule has 18 heavy (non-hydrogen) atoms. The summed E-state index contributed by atoms with van der Waals surface area (Å²) < 4.78 is 19.1. The molecule has 1 saturated carbocycles. The summed E-state index contributed by atoms with van der Waals surface area (Å²) in [5.41, 5.74) is 1.78. The summed E-state index contributed by atoms with van der Waals surface area (Å²) in [5, 5.41) is 3.24. The lowest BCUT2D eigenvalue weighted by atomic mass is 10.1. The van der Waals surface area contributed by atoms with Crippen LogP contribution in [0.1, 0.15) is 37.3 Å². The minimum Gasteiger partial charge on any atom is -0.377 e.